The minimum atomic E-state index is 1.10. The highest BCUT2D eigenvalue weighted by atomic mass is 32.1. The molecule has 0 amide bonds. The van der Waals surface area contributed by atoms with Gasteiger partial charge >= 0.3 is 0 Å². The highest BCUT2D eigenvalue weighted by Gasteiger charge is 2.18. The molecule has 0 unspecified atom stereocenters. The van der Waals surface area contributed by atoms with Gasteiger partial charge in [0.15, 0.2) is 0 Å². The quantitative estimate of drug-likeness (QED) is 0.158. The van der Waals surface area contributed by atoms with Crippen LogP contribution in [0.15, 0.2) is 218 Å². The Labute approximate surface area is 335 Å². The zero-order chi connectivity index (χ0) is 37.7. The van der Waals surface area contributed by atoms with Crippen LogP contribution in [0.1, 0.15) is 0 Å². The minimum Gasteiger partial charge on any atom is -0.310 e. The molecule has 3 heteroatoms. The number of fused-ring (bicyclic) bond motifs is 6. The summed E-state index contributed by atoms with van der Waals surface area (Å²) in [4.78, 5) is 2.36. The lowest BCUT2D eigenvalue weighted by Crippen LogP contribution is -2.10. The number of rotatable bonds is 7. The van der Waals surface area contributed by atoms with E-state index in [-0.39, 0.29) is 0 Å². The van der Waals surface area contributed by atoms with Crippen molar-refractivity contribution < 1.29 is 0 Å². The van der Waals surface area contributed by atoms with Crippen LogP contribution in [0, 0.1) is 0 Å². The van der Waals surface area contributed by atoms with E-state index in [0.717, 1.165) is 22.7 Å². The molecule has 0 saturated heterocycles. The summed E-state index contributed by atoms with van der Waals surface area (Å²) in [5, 5.41) is 5.11. The highest BCUT2D eigenvalue weighted by molar-refractivity contribution is 7.26. The number of hydrogen-bond acceptors (Lipinski definition) is 2. The van der Waals surface area contributed by atoms with Gasteiger partial charge < -0.3 is 9.47 Å². The van der Waals surface area contributed by atoms with Gasteiger partial charge in [-0.05, 0) is 105 Å². The summed E-state index contributed by atoms with van der Waals surface area (Å²) in [6.45, 7) is 0. The zero-order valence-electron chi connectivity index (χ0n) is 31.1. The first kappa shape index (κ1) is 33.2. The van der Waals surface area contributed by atoms with E-state index in [1.165, 1.54) is 75.4 Å². The maximum Gasteiger partial charge on any atom is 0.0727 e. The van der Waals surface area contributed by atoms with Crippen LogP contribution in [0.2, 0.25) is 0 Å². The topological polar surface area (TPSA) is 8.17 Å². The van der Waals surface area contributed by atoms with Gasteiger partial charge in [-0.1, -0.05) is 158 Å². The Morgan fingerprint density at radius 3 is 1.72 bits per heavy atom. The fraction of sp³-hybridized carbons (Fsp3) is 0. The Balaban J connectivity index is 0.988. The summed E-state index contributed by atoms with van der Waals surface area (Å²) >= 11 is 1.88. The van der Waals surface area contributed by atoms with Crippen molar-refractivity contribution in [2.24, 2.45) is 0 Å². The Morgan fingerprint density at radius 2 is 0.930 bits per heavy atom. The highest BCUT2D eigenvalue weighted by Crippen LogP contribution is 2.43. The molecule has 2 nitrogen and oxygen atoms in total. The maximum atomic E-state index is 2.44. The molecule has 0 aliphatic rings. The largest absolute Gasteiger partial charge is 0.310 e. The molecule has 268 valence electrons. The van der Waals surface area contributed by atoms with E-state index in [9.17, 15) is 0 Å². The van der Waals surface area contributed by atoms with Crippen molar-refractivity contribution in [2.75, 3.05) is 4.90 Å². The molecule has 0 atom stereocenters. The van der Waals surface area contributed by atoms with E-state index < -0.39 is 0 Å². The van der Waals surface area contributed by atoms with Gasteiger partial charge in [-0.2, -0.15) is 0 Å². The average Bonchev–Trinajstić information content (AvgIpc) is 3.82. The lowest BCUT2D eigenvalue weighted by Gasteiger charge is -2.26. The second-order valence-electron chi connectivity index (χ2n) is 14.5. The summed E-state index contributed by atoms with van der Waals surface area (Å²) in [7, 11) is 0. The lowest BCUT2D eigenvalue weighted by molar-refractivity contribution is 1.19. The molecule has 11 aromatic rings. The molecule has 0 radical (unpaired) electrons. The van der Waals surface area contributed by atoms with Crippen molar-refractivity contribution in [3.8, 4) is 39.1 Å². The second kappa shape index (κ2) is 13.8. The van der Waals surface area contributed by atoms with E-state index in [4.69, 9.17) is 0 Å². The Kier molecular flexibility index (Phi) is 8.04. The van der Waals surface area contributed by atoms with Gasteiger partial charge in [0.25, 0.3) is 0 Å². The number of hydrogen-bond donors (Lipinski definition) is 0. The molecule has 0 aliphatic carbocycles. The molecule has 2 aromatic heterocycles. The molecule has 57 heavy (non-hydrogen) atoms. The van der Waals surface area contributed by atoms with Crippen LogP contribution in [0.3, 0.4) is 0 Å². The fourth-order valence-electron chi connectivity index (χ4n) is 8.46. The predicted octanol–water partition coefficient (Wildman–Crippen LogP) is 15.6. The Bertz CT molecular complexity index is 3200. The monoisotopic (exact) mass is 744 g/mol. The third-order valence-corrected chi connectivity index (χ3v) is 12.4. The molecule has 9 aromatic carbocycles. The number of anilines is 3. The van der Waals surface area contributed by atoms with Gasteiger partial charge in [-0.3, -0.25) is 0 Å². The van der Waals surface area contributed by atoms with Crippen molar-refractivity contribution in [3.63, 3.8) is 0 Å². The molecule has 0 aliphatic heterocycles. The molecule has 0 N–H and O–H groups in total. The van der Waals surface area contributed by atoms with E-state index >= 15 is 0 Å². The first-order valence-electron chi connectivity index (χ1n) is 19.4. The molecule has 2 heterocycles. The predicted molar refractivity (Wildman–Crippen MR) is 245 cm³/mol. The van der Waals surface area contributed by atoms with Crippen molar-refractivity contribution >= 4 is 70.4 Å². The first-order chi connectivity index (χ1) is 28.3. The van der Waals surface area contributed by atoms with Crippen LogP contribution >= 0.6 is 11.3 Å². The van der Waals surface area contributed by atoms with E-state index in [1.807, 2.05) is 11.3 Å². The molecule has 0 bridgehead atoms. The van der Waals surface area contributed by atoms with Gasteiger partial charge in [0.2, 0.25) is 0 Å². The summed E-state index contributed by atoms with van der Waals surface area (Å²) < 4.78 is 5.09. The van der Waals surface area contributed by atoms with E-state index in [2.05, 4.69) is 228 Å². The molecule has 0 saturated carbocycles. The van der Waals surface area contributed by atoms with Gasteiger partial charge in [0.05, 0.1) is 15.7 Å². The number of benzene rings is 9. The van der Waals surface area contributed by atoms with Gasteiger partial charge in [0, 0.05) is 38.2 Å². The van der Waals surface area contributed by atoms with Crippen molar-refractivity contribution in [2.45, 2.75) is 0 Å². The van der Waals surface area contributed by atoms with Crippen LogP contribution in [0.5, 0.6) is 0 Å². The second-order valence-corrected chi connectivity index (χ2v) is 15.6. The summed E-state index contributed by atoms with van der Waals surface area (Å²) in [5.74, 6) is 0. The summed E-state index contributed by atoms with van der Waals surface area (Å²) in [6.07, 6.45) is 0. The molecular formula is C54H36N2S. The van der Waals surface area contributed by atoms with Gasteiger partial charge in [0.1, 0.15) is 0 Å². The number of aromatic nitrogens is 1. The molecule has 11 rings (SSSR count). The molecule has 0 fully saturated rings. The number of thiophene rings is 1. The standard InChI is InChI=1S/C54H36N2S/c1-2-12-37(13-3-1)38-24-30-43(31-25-38)55(44-34-28-41(29-35-44)48-21-11-15-40-14-4-5-18-47(40)48)46-17-10-16-42(36-46)39-26-32-45(33-27-39)56-51-22-8-6-19-49(51)54-53(56)50-20-7-9-23-52(50)57-54/h1-36H. The van der Waals surface area contributed by atoms with Crippen LogP contribution < -0.4 is 4.90 Å². The Morgan fingerprint density at radius 1 is 0.368 bits per heavy atom. The smallest absolute Gasteiger partial charge is 0.0727 e. The van der Waals surface area contributed by atoms with Crippen LogP contribution in [-0.2, 0) is 0 Å². The lowest BCUT2D eigenvalue weighted by atomic mass is 9.98. The SMILES string of the molecule is c1ccc(-c2ccc(N(c3ccc(-c4cccc5ccccc45)cc3)c3cccc(-c4ccc(-n5c6ccccc6c6sc7ccccc7c65)cc4)c3)cc2)cc1. The van der Waals surface area contributed by atoms with Crippen molar-refractivity contribution in [1.29, 1.82) is 0 Å². The van der Waals surface area contributed by atoms with Gasteiger partial charge in [-0.25, -0.2) is 0 Å². The third-order valence-electron chi connectivity index (χ3n) is 11.2. The Hall–Kier alpha value is -7.20. The molecule has 0 spiro atoms. The average molecular weight is 745 g/mol. The normalized spacial score (nSPS) is 11.5. The van der Waals surface area contributed by atoms with E-state index in [1.54, 1.807) is 0 Å². The van der Waals surface area contributed by atoms with Gasteiger partial charge in [-0.15, -0.1) is 11.3 Å². The van der Waals surface area contributed by atoms with E-state index in [0.29, 0.717) is 0 Å². The first-order valence-corrected chi connectivity index (χ1v) is 20.2. The van der Waals surface area contributed by atoms with Crippen molar-refractivity contribution in [1.82, 2.24) is 4.57 Å². The van der Waals surface area contributed by atoms with Crippen LogP contribution in [0.25, 0.3) is 81.0 Å². The van der Waals surface area contributed by atoms with Crippen LogP contribution in [-0.4, -0.2) is 4.57 Å². The minimum absolute atomic E-state index is 1.10. The number of nitrogens with zero attached hydrogens (tertiary/aromatic N) is 2. The third kappa shape index (κ3) is 5.80. The maximum absolute atomic E-state index is 2.44. The molecular weight excluding hydrogens is 709 g/mol. The van der Waals surface area contributed by atoms with Crippen molar-refractivity contribution in [3.05, 3.63) is 218 Å². The van der Waals surface area contributed by atoms with Crippen LogP contribution in [0.4, 0.5) is 17.1 Å². The zero-order valence-corrected chi connectivity index (χ0v) is 31.9. The fourth-order valence-corrected chi connectivity index (χ4v) is 9.68. The number of para-hydroxylation sites is 1. The summed E-state index contributed by atoms with van der Waals surface area (Å²) in [6, 6.07) is 79.2. The summed E-state index contributed by atoms with van der Waals surface area (Å²) in [5.41, 5.74) is 14.2.